The van der Waals surface area contributed by atoms with Gasteiger partial charge in [0.2, 0.25) is 0 Å². The Kier molecular flexibility index (Phi) is 3.63. The number of fused-ring (bicyclic) bond motifs is 1. The third-order valence-corrected chi connectivity index (χ3v) is 4.76. The van der Waals surface area contributed by atoms with Gasteiger partial charge in [-0.15, -0.1) is 0 Å². The second kappa shape index (κ2) is 5.66. The smallest absolute Gasteiger partial charge is 0.163 e. The predicted molar refractivity (Wildman–Crippen MR) is 95.8 cm³/mol. The predicted octanol–water partition coefficient (Wildman–Crippen LogP) is 5.14. The zero-order valence-corrected chi connectivity index (χ0v) is 13.9. The molecule has 1 aromatic heterocycles. The first-order chi connectivity index (χ1) is 11.1. The van der Waals surface area contributed by atoms with Crippen molar-refractivity contribution in [3.63, 3.8) is 0 Å². The minimum absolute atomic E-state index is 0.507. The van der Waals surface area contributed by atoms with Crippen LogP contribution < -0.4 is 5.73 Å². The summed E-state index contributed by atoms with van der Waals surface area (Å²) >= 11 is 12.2. The Hall–Kier alpha value is -1.84. The van der Waals surface area contributed by atoms with E-state index < -0.39 is 0 Å². The number of hydrogen-bond acceptors (Lipinski definition) is 3. The van der Waals surface area contributed by atoms with E-state index in [1.165, 1.54) is 18.4 Å². The van der Waals surface area contributed by atoms with Gasteiger partial charge in [0.15, 0.2) is 5.82 Å². The Balaban J connectivity index is 1.86. The number of anilines is 1. The summed E-state index contributed by atoms with van der Waals surface area (Å²) in [6, 6.07) is 11.4. The quantitative estimate of drug-likeness (QED) is 0.716. The highest BCUT2D eigenvalue weighted by Crippen LogP contribution is 2.36. The molecule has 3 nitrogen and oxygen atoms in total. The average molecular weight is 344 g/mol. The molecule has 0 saturated heterocycles. The molecule has 0 spiro atoms. The van der Waals surface area contributed by atoms with E-state index in [1.54, 1.807) is 12.1 Å². The lowest BCUT2D eigenvalue weighted by molar-refractivity contribution is 0.838. The van der Waals surface area contributed by atoms with Crippen molar-refractivity contribution >= 4 is 39.9 Å². The highest BCUT2D eigenvalue weighted by Gasteiger charge is 2.23. The molecular formula is C18H15Cl2N3. The van der Waals surface area contributed by atoms with Crippen LogP contribution in [0.15, 0.2) is 36.4 Å². The summed E-state index contributed by atoms with van der Waals surface area (Å²) in [4.78, 5) is 9.16. The molecule has 3 aromatic rings. The maximum atomic E-state index is 6.27. The Morgan fingerprint density at radius 2 is 1.91 bits per heavy atom. The molecule has 23 heavy (non-hydrogen) atoms. The summed E-state index contributed by atoms with van der Waals surface area (Å²) in [5.41, 5.74) is 9.08. The molecule has 0 radical (unpaired) electrons. The molecular weight excluding hydrogens is 329 g/mol. The first-order valence-electron chi connectivity index (χ1n) is 7.62. The summed E-state index contributed by atoms with van der Waals surface area (Å²) < 4.78 is 0. The van der Waals surface area contributed by atoms with Gasteiger partial charge >= 0.3 is 0 Å². The Labute approximate surface area is 144 Å². The summed E-state index contributed by atoms with van der Waals surface area (Å²) in [5, 5.41) is 2.07. The molecule has 0 bridgehead atoms. The molecule has 1 aliphatic carbocycles. The molecule has 116 valence electrons. The van der Waals surface area contributed by atoms with Crippen LogP contribution in [0.1, 0.15) is 18.4 Å². The van der Waals surface area contributed by atoms with Gasteiger partial charge in [-0.2, -0.15) is 0 Å². The summed E-state index contributed by atoms with van der Waals surface area (Å²) in [6.45, 7) is 0. The largest absolute Gasteiger partial charge is 0.383 e. The van der Waals surface area contributed by atoms with Gasteiger partial charge in [-0.25, -0.2) is 9.97 Å². The van der Waals surface area contributed by atoms with E-state index in [1.807, 2.05) is 18.2 Å². The minimum Gasteiger partial charge on any atom is -0.383 e. The number of nitrogen functional groups attached to an aromatic ring is 1. The van der Waals surface area contributed by atoms with Crippen molar-refractivity contribution in [2.45, 2.75) is 19.3 Å². The number of aromatic nitrogens is 2. The van der Waals surface area contributed by atoms with Crippen LogP contribution in [0, 0.1) is 5.92 Å². The van der Waals surface area contributed by atoms with Gasteiger partial charge in [0.05, 0.1) is 10.5 Å². The molecule has 1 fully saturated rings. The maximum Gasteiger partial charge on any atom is 0.163 e. The molecule has 1 aliphatic rings. The number of hydrogen-bond donors (Lipinski definition) is 1. The van der Waals surface area contributed by atoms with Gasteiger partial charge < -0.3 is 5.73 Å². The molecule has 0 unspecified atom stereocenters. The lowest BCUT2D eigenvalue weighted by Crippen LogP contribution is -2.01. The molecule has 1 heterocycles. The lowest BCUT2D eigenvalue weighted by Gasteiger charge is -2.10. The van der Waals surface area contributed by atoms with Crippen molar-refractivity contribution in [1.82, 2.24) is 9.97 Å². The van der Waals surface area contributed by atoms with E-state index in [9.17, 15) is 0 Å². The first kappa shape index (κ1) is 14.7. The molecule has 0 atom stereocenters. The van der Waals surface area contributed by atoms with Crippen molar-refractivity contribution in [2.75, 3.05) is 5.73 Å². The second-order valence-electron chi connectivity index (χ2n) is 6.02. The van der Waals surface area contributed by atoms with Crippen LogP contribution in [-0.2, 0) is 6.42 Å². The fraction of sp³-hybridized carbons (Fsp3) is 0.222. The molecule has 1 saturated carbocycles. The van der Waals surface area contributed by atoms with Crippen molar-refractivity contribution < 1.29 is 0 Å². The van der Waals surface area contributed by atoms with E-state index in [4.69, 9.17) is 28.9 Å². The van der Waals surface area contributed by atoms with Gasteiger partial charge in [0.25, 0.3) is 0 Å². The maximum absolute atomic E-state index is 6.27. The topological polar surface area (TPSA) is 51.8 Å². The molecule has 5 heteroatoms. The monoisotopic (exact) mass is 343 g/mol. The molecule has 0 aliphatic heterocycles. The van der Waals surface area contributed by atoms with Crippen LogP contribution in [0.2, 0.25) is 10.0 Å². The molecule has 4 rings (SSSR count). The van der Waals surface area contributed by atoms with E-state index in [-0.39, 0.29) is 0 Å². The summed E-state index contributed by atoms with van der Waals surface area (Å²) in [6.07, 6.45) is 3.65. The Bertz CT molecular complexity index is 904. The standard InChI is InChI=1S/C18H15Cl2N3/c19-12-6-7-13(14(20)9-12)18-22-15-3-1-2-11(8-10-4-5-10)16(15)17(21)23-18/h1-3,6-7,9-10H,4-5,8H2,(H2,21,22,23). The average Bonchev–Trinajstić information content (AvgIpc) is 3.31. The van der Waals surface area contributed by atoms with E-state index in [0.717, 1.165) is 28.8 Å². The summed E-state index contributed by atoms with van der Waals surface area (Å²) in [5.74, 6) is 1.82. The third kappa shape index (κ3) is 2.87. The third-order valence-electron chi connectivity index (χ3n) is 4.22. The second-order valence-corrected chi connectivity index (χ2v) is 6.86. The molecule has 0 amide bonds. The van der Waals surface area contributed by atoms with Crippen LogP contribution in [-0.4, -0.2) is 9.97 Å². The Morgan fingerprint density at radius 1 is 1.09 bits per heavy atom. The van der Waals surface area contributed by atoms with Gasteiger partial charge in [-0.05, 0) is 55.0 Å². The highest BCUT2D eigenvalue weighted by atomic mass is 35.5. The zero-order chi connectivity index (χ0) is 16.0. The molecule has 2 aromatic carbocycles. The lowest BCUT2D eigenvalue weighted by atomic mass is 10.0. The molecule has 2 N–H and O–H groups in total. The van der Waals surface area contributed by atoms with Crippen molar-refractivity contribution in [2.24, 2.45) is 5.92 Å². The van der Waals surface area contributed by atoms with Gasteiger partial charge in [0.1, 0.15) is 5.82 Å². The Morgan fingerprint density at radius 3 is 2.65 bits per heavy atom. The van der Waals surface area contributed by atoms with Crippen LogP contribution in [0.25, 0.3) is 22.3 Å². The fourth-order valence-electron chi connectivity index (χ4n) is 2.88. The van der Waals surface area contributed by atoms with Gasteiger partial charge in [0, 0.05) is 16.0 Å². The normalized spacial score (nSPS) is 14.3. The zero-order valence-electron chi connectivity index (χ0n) is 12.4. The van der Waals surface area contributed by atoms with Crippen LogP contribution in [0.5, 0.6) is 0 Å². The van der Waals surface area contributed by atoms with Crippen molar-refractivity contribution in [1.29, 1.82) is 0 Å². The van der Waals surface area contributed by atoms with Crippen LogP contribution >= 0.6 is 23.2 Å². The van der Waals surface area contributed by atoms with Crippen LogP contribution in [0.4, 0.5) is 5.82 Å². The van der Waals surface area contributed by atoms with Gasteiger partial charge in [-0.1, -0.05) is 35.3 Å². The van der Waals surface area contributed by atoms with E-state index in [2.05, 4.69) is 16.0 Å². The highest BCUT2D eigenvalue weighted by molar-refractivity contribution is 6.36. The number of rotatable bonds is 3. The SMILES string of the molecule is Nc1nc(-c2ccc(Cl)cc2Cl)nc2cccc(CC3CC3)c12. The van der Waals surface area contributed by atoms with Crippen molar-refractivity contribution in [3.8, 4) is 11.4 Å². The van der Waals surface area contributed by atoms with Crippen molar-refractivity contribution in [3.05, 3.63) is 52.0 Å². The number of nitrogens with two attached hydrogens (primary N) is 1. The summed E-state index contributed by atoms with van der Waals surface area (Å²) in [7, 11) is 0. The first-order valence-corrected chi connectivity index (χ1v) is 8.38. The number of nitrogens with zero attached hydrogens (tertiary/aromatic N) is 2. The van der Waals surface area contributed by atoms with E-state index >= 15 is 0 Å². The van der Waals surface area contributed by atoms with E-state index in [0.29, 0.717) is 21.7 Å². The minimum atomic E-state index is 0.507. The fourth-order valence-corrected chi connectivity index (χ4v) is 3.37. The van der Waals surface area contributed by atoms with Crippen LogP contribution in [0.3, 0.4) is 0 Å². The number of halogens is 2. The van der Waals surface area contributed by atoms with Gasteiger partial charge in [-0.3, -0.25) is 0 Å². The number of benzene rings is 2.